The molecule has 1 aromatic heterocycles. The number of halogens is 1. The van der Waals surface area contributed by atoms with Gasteiger partial charge in [-0.15, -0.1) is 0 Å². The molecule has 0 radical (unpaired) electrons. The highest BCUT2D eigenvalue weighted by Gasteiger charge is 2.17. The zero-order chi connectivity index (χ0) is 15.7. The van der Waals surface area contributed by atoms with Crippen molar-refractivity contribution in [3.05, 3.63) is 38.8 Å². The van der Waals surface area contributed by atoms with Crippen LogP contribution in [-0.2, 0) is 14.1 Å². The Hall–Kier alpha value is -2.40. The molecule has 110 valence electrons. The predicted molar refractivity (Wildman–Crippen MR) is 76.7 cm³/mol. The summed E-state index contributed by atoms with van der Waals surface area (Å²) < 4.78 is 23.4. The third kappa shape index (κ3) is 2.36. The van der Waals surface area contributed by atoms with Crippen LogP contribution < -0.4 is 10.4 Å². The molecule has 8 heteroatoms. The maximum atomic E-state index is 14.2. The normalized spacial score (nSPS) is 10.4. The minimum atomic E-state index is -0.660. The Labute approximate surface area is 125 Å². The van der Waals surface area contributed by atoms with Gasteiger partial charge in [0.2, 0.25) is 4.77 Å². The fourth-order valence-electron chi connectivity index (χ4n) is 1.99. The number of rotatable bonds is 3. The van der Waals surface area contributed by atoms with E-state index in [0.29, 0.717) is 6.61 Å². The van der Waals surface area contributed by atoms with E-state index in [2.05, 4.69) is 0 Å². The molecule has 6 nitrogen and oxygen atoms in total. The predicted octanol–water partition coefficient (Wildman–Crippen LogP) is 1.65. The van der Waals surface area contributed by atoms with Crippen LogP contribution >= 0.6 is 12.2 Å². The van der Waals surface area contributed by atoms with Crippen molar-refractivity contribution in [2.75, 3.05) is 6.61 Å². The number of nitrogens with zero attached hydrogens (tertiary/aromatic N) is 4. The zero-order valence-corrected chi connectivity index (χ0v) is 12.6. The summed E-state index contributed by atoms with van der Waals surface area (Å²) in [5.41, 5.74) is -0.227. The third-order valence-corrected chi connectivity index (χ3v) is 3.48. The average molecular weight is 308 g/mol. The molecule has 0 atom stereocenters. The second-order valence-electron chi connectivity index (χ2n) is 4.30. The van der Waals surface area contributed by atoms with Crippen LogP contribution in [0.3, 0.4) is 0 Å². The smallest absolute Gasteiger partial charge is 0.344 e. The minimum Gasteiger partial charge on any atom is -0.492 e. The van der Waals surface area contributed by atoms with E-state index in [1.165, 1.54) is 34.1 Å². The number of aromatic nitrogens is 3. The molecular weight excluding hydrogens is 295 g/mol. The Balaban J connectivity index is 2.80. The van der Waals surface area contributed by atoms with E-state index < -0.39 is 5.82 Å². The summed E-state index contributed by atoms with van der Waals surface area (Å²) in [6.45, 7) is 2.09. The van der Waals surface area contributed by atoms with Crippen molar-refractivity contribution in [1.82, 2.24) is 13.9 Å². The third-order valence-electron chi connectivity index (χ3n) is 3.03. The van der Waals surface area contributed by atoms with Gasteiger partial charge in [-0.1, -0.05) is 0 Å². The van der Waals surface area contributed by atoms with Crippen molar-refractivity contribution < 1.29 is 9.13 Å². The lowest BCUT2D eigenvalue weighted by atomic mass is 10.2. The van der Waals surface area contributed by atoms with Gasteiger partial charge in [-0.05, 0) is 25.2 Å². The Morgan fingerprint density at radius 2 is 2.10 bits per heavy atom. The molecule has 0 bridgehead atoms. The second-order valence-corrected chi connectivity index (χ2v) is 4.67. The van der Waals surface area contributed by atoms with E-state index in [4.69, 9.17) is 22.2 Å². The first-order chi connectivity index (χ1) is 9.92. The molecule has 0 fully saturated rings. The van der Waals surface area contributed by atoms with Gasteiger partial charge in [0.15, 0.2) is 5.82 Å². The van der Waals surface area contributed by atoms with Crippen molar-refractivity contribution in [2.45, 2.75) is 6.92 Å². The van der Waals surface area contributed by atoms with Crippen LogP contribution in [0.1, 0.15) is 12.5 Å². The van der Waals surface area contributed by atoms with Gasteiger partial charge in [-0.2, -0.15) is 5.26 Å². The Morgan fingerprint density at radius 3 is 2.57 bits per heavy atom. The SMILES string of the molecule is CCOc1cc(-n2c(=S)n(C)c(=O)n2C)c(F)cc1C#N. The molecule has 0 unspecified atom stereocenters. The Morgan fingerprint density at radius 1 is 1.43 bits per heavy atom. The largest absolute Gasteiger partial charge is 0.492 e. The number of hydrogen-bond acceptors (Lipinski definition) is 4. The van der Waals surface area contributed by atoms with Crippen LogP contribution in [0.15, 0.2) is 16.9 Å². The van der Waals surface area contributed by atoms with Gasteiger partial charge in [-0.25, -0.2) is 18.5 Å². The summed E-state index contributed by atoms with van der Waals surface area (Å²) in [7, 11) is 2.99. The molecule has 0 saturated heterocycles. The monoisotopic (exact) mass is 308 g/mol. The van der Waals surface area contributed by atoms with E-state index in [9.17, 15) is 9.18 Å². The summed E-state index contributed by atoms with van der Waals surface area (Å²) in [5.74, 6) is -0.415. The van der Waals surface area contributed by atoms with Gasteiger partial charge in [-0.3, -0.25) is 4.57 Å². The summed E-state index contributed by atoms with van der Waals surface area (Å²) in [6.07, 6.45) is 0. The van der Waals surface area contributed by atoms with Crippen LogP contribution in [0.25, 0.3) is 5.69 Å². The first-order valence-electron chi connectivity index (χ1n) is 6.14. The Bertz CT molecular complexity index is 857. The van der Waals surface area contributed by atoms with Crippen LogP contribution in [0, 0.1) is 21.9 Å². The molecule has 2 aromatic rings. The molecule has 0 aliphatic heterocycles. The molecule has 0 aliphatic rings. The van der Waals surface area contributed by atoms with Gasteiger partial charge in [0.25, 0.3) is 0 Å². The van der Waals surface area contributed by atoms with E-state index >= 15 is 0 Å². The number of nitriles is 1. The number of ether oxygens (including phenoxy) is 1. The topological polar surface area (TPSA) is 64.9 Å². The van der Waals surface area contributed by atoms with Gasteiger partial charge in [0, 0.05) is 20.2 Å². The average Bonchev–Trinajstić information content (AvgIpc) is 2.65. The van der Waals surface area contributed by atoms with Crippen LogP contribution in [0.5, 0.6) is 5.75 Å². The van der Waals surface area contributed by atoms with Crippen molar-refractivity contribution in [2.24, 2.45) is 14.1 Å². The summed E-state index contributed by atoms with van der Waals surface area (Å²) >= 11 is 5.14. The highest BCUT2D eigenvalue weighted by Crippen LogP contribution is 2.25. The van der Waals surface area contributed by atoms with Crippen molar-refractivity contribution >= 4 is 12.2 Å². The maximum absolute atomic E-state index is 14.2. The van der Waals surface area contributed by atoms with Gasteiger partial charge >= 0.3 is 5.69 Å². The highest BCUT2D eigenvalue weighted by atomic mass is 32.1. The molecule has 1 aromatic carbocycles. The molecule has 0 aliphatic carbocycles. The number of hydrogen-bond donors (Lipinski definition) is 0. The lowest BCUT2D eigenvalue weighted by Crippen LogP contribution is -2.23. The lowest BCUT2D eigenvalue weighted by Gasteiger charge is -2.11. The summed E-state index contributed by atoms with van der Waals surface area (Å²) in [6, 6.07) is 4.31. The lowest BCUT2D eigenvalue weighted by molar-refractivity contribution is 0.338. The molecule has 0 amide bonds. The molecule has 0 saturated carbocycles. The van der Waals surface area contributed by atoms with Gasteiger partial charge < -0.3 is 4.74 Å². The molecule has 1 heterocycles. The van der Waals surface area contributed by atoms with E-state index in [-0.39, 0.29) is 27.5 Å². The van der Waals surface area contributed by atoms with Crippen molar-refractivity contribution in [1.29, 1.82) is 5.26 Å². The van der Waals surface area contributed by atoms with E-state index in [1.54, 1.807) is 6.92 Å². The fourth-order valence-corrected chi connectivity index (χ4v) is 2.29. The quantitative estimate of drug-likeness (QED) is 0.809. The van der Waals surface area contributed by atoms with E-state index in [0.717, 1.165) is 6.07 Å². The molecule has 2 rings (SSSR count). The standard InChI is InChI=1S/C13H13FN4O2S/c1-4-20-11-6-10(9(14)5-8(11)7-15)18-13(21)16(2)12(19)17(18)3/h5-6H,4H2,1-3H3. The molecular formula is C13H13FN4O2S. The van der Waals surface area contributed by atoms with Gasteiger partial charge in [0.05, 0.1) is 12.2 Å². The zero-order valence-electron chi connectivity index (χ0n) is 11.8. The minimum absolute atomic E-state index is 0.0580. The van der Waals surface area contributed by atoms with Crippen LogP contribution in [-0.4, -0.2) is 20.5 Å². The summed E-state index contributed by atoms with van der Waals surface area (Å²) in [5, 5.41) is 9.01. The molecule has 0 spiro atoms. The first kappa shape index (κ1) is 15.0. The Kier molecular flexibility index (Phi) is 3.95. The van der Waals surface area contributed by atoms with Crippen molar-refractivity contribution in [3.63, 3.8) is 0 Å². The van der Waals surface area contributed by atoms with E-state index in [1.807, 2.05) is 6.07 Å². The highest BCUT2D eigenvalue weighted by molar-refractivity contribution is 7.71. The molecule has 21 heavy (non-hydrogen) atoms. The van der Waals surface area contributed by atoms with Crippen LogP contribution in [0.4, 0.5) is 4.39 Å². The fraction of sp³-hybridized carbons (Fsp3) is 0.308. The van der Waals surface area contributed by atoms with Crippen molar-refractivity contribution in [3.8, 4) is 17.5 Å². The van der Waals surface area contributed by atoms with Gasteiger partial charge in [0.1, 0.15) is 17.5 Å². The van der Waals surface area contributed by atoms with Crippen LogP contribution in [0.2, 0.25) is 0 Å². The number of benzene rings is 1. The first-order valence-corrected chi connectivity index (χ1v) is 6.55. The second kappa shape index (κ2) is 5.54. The summed E-state index contributed by atoms with van der Waals surface area (Å²) in [4.78, 5) is 11.9. The maximum Gasteiger partial charge on any atom is 0.344 e. The molecule has 0 N–H and O–H groups in total.